The average Bonchev–Trinajstić information content (AvgIpc) is 3.23. The number of aliphatic imine (C=N–C) groups is 1. The van der Waals surface area contributed by atoms with Crippen molar-refractivity contribution in [1.29, 1.82) is 0 Å². The molecule has 3 aromatic rings. The van der Waals surface area contributed by atoms with Crippen molar-refractivity contribution in [3.05, 3.63) is 84.4 Å². The van der Waals surface area contributed by atoms with Crippen LogP contribution in [0.25, 0.3) is 11.8 Å². The Bertz CT molecular complexity index is 1380. The standard InChI is InChI=1S/C23H16BrCl2N3O3S/c1-11-7-13(12(2)29(11)15-4-6-18(25)16(10-15)22(31)32)8-20-21(30)28-23(33-20)27-14-3-5-17(24)19(26)9-14/h3-10H,1-2H3,(H,31,32)(H,27,28,30)/b20-8-. The van der Waals surface area contributed by atoms with E-state index in [9.17, 15) is 14.7 Å². The third-order valence-corrected chi connectivity index (χ3v) is 7.45. The second-order valence-corrected chi connectivity index (χ2v) is 9.91. The first-order valence-corrected chi connectivity index (χ1v) is 12.0. The molecule has 0 atom stereocenters. The molecule has 6 nitrogen and oxygen atoms in total. The number of hydrogen-bond acceptors (Lipinski definition) is 4. The molecular weight excluding hydrogens is 549 g/mol. The number of carboxylic acid groups (broad SMARTS) is 1. The number of amides is 1. The maximum absolute atomic E-state index is 12.5. The highest BCUT2D eigenvalue weighted by atomic mass is 79.9. The van der Waals surface area contributed by atoms with Crippen LogP contribution >= 0.6 is 50.9 Å². The molecule has 2 N–H and O–H groups in total. The van der Waals surface area contributed by atoms with Gasteiger partial charge in [-0.2, -0.15) is 0 Å². The number of hydrogen-bond donors (Lipinski definition) is 2. The monoisotopic (exact) mass is 563 g/mol. The quantitative estimate of drug-likeness (QED) is 0.343. The van der Waals surface area contributed by atoms with E-state index in [1.54, 1.807) is 36.4 Å². The minimum atomic E-state index is -1.09. The van der Waals surface area contributed by atoms with Crippen LogP contribution in [0.5, 0.6) is 0 Å². The van der Waals surface area contributed by atoms with Gasteiger partial charge in [0.05, 0.1) is 26.2 Å². The summed E-state index contributed by atoms with van der Waals surface area (Å²) in [4.78, 5) is 29.0. The van der Waals surface area contributed by atoms with E-state index in [2.05, 4.69) is 26.2 Å². The zero-order chi connectivity index (χ0) is 23.9. The molecule has 0 saturated carbocycles. The van der Waals surface area contributed by atoms with E-state index in [4.69, 9.17) is 23.2 Å². The van der Waals surface area contributed by atoms with Crippen molar-refractivity contribution in [2.45, 2.75) is 13.8 Å². The maximum atomic E-state index is 12.5. The SMILES string of the molecule is Cc1cc(/C=C2\SC(=Nc3ccc(Br)c(Cl)c3)NC2=O)c(C)n1-c1ccc(Cl)c(C(=O)O)c1. The lowest BCUT2D eigenvalue weighted by molar-refractivity contribution is -0.115. The molecule has 10 heteroatoms. The second kappa shape index (κ2) is 9.38. The van der Waals surface area contributed by atoms with E-state index in [1.165, 1.54) is 17.8 Å². The fraction of sp³-hybridized carbons (Fsp3) is 0.0870. The molecule has 1 aliphatic heterocycles. The molecule has 0 unspecified atom stereocenters. The summed E-state index contributed by atoms with van der Waals surface area (Å²) in [6.07, 6.45) is 1.80. The molecule has 4 rings (SSSR count). The normalized spacial score (nSPS) is 16.0. The Kier molecular flexibility index (Phi) is 6.72. The van der Waals surface area contributed by atoms with Crippen LogP contribution in [0.15, 0.2) is 56.8 Å². The summed E-state index contributed by atoms with van der Waals surface area (Å²) in [6.45, 7) is 3.82. The van der Waals surface area contributed by atoms with Gasteiger partial charge in [-0.1, -0.05) is 23.2 Å². The Morgan fingerprint density at radius 2 is 1.91 bits per heavy atom. The lowest BCUT2D eigenvalue weighted by atomic mass is 10.2. The van der Waals surface area contributed by atoms with Crippen LogP contribution in [0.2, 0.25) is 10.0 Å². The highest BCUT2D eigenvalue weighted by molar-refractivity contribution is 9.10. The molecule has 0 aliphatic carbocycles. The smallest absolute Gasteiger partial charge is 0.337 e. The van der Waals surface area contributed by atoms with Crippen molar-refractivity contribution >= 4 is 79.7 Å². The number of thioether (sulfide) groups is 1. The summed E-state index contributed by atoms with van der Waals surface area (Å²) in [7, 11) is 0. The number of amidine groups is 1. The molecule has 1 fully saturated rings. The Morgan fingerprint density at radius 1 is 1.15 bits per heavy atom. The Hall–Kier alpha value is -2.52. The summed E-state index contributed by atoms with van der Waals surface area (Å²) < 4.78 is 2.69. The van der Waals surface area contributed by atoms with Crippen molar-refractivity contribution in [2.75, 3.05) is 0 Å². The number of benzene rings is 2. The van der Waals surface area contributed by atoms with E-state index >= 15 is 0 Å². The molecule has 0 radical (unpaired) electrons. The first kappa shape index (κ1) is 23.6. The fourth-order valence-corrected chi connectivity index (χ4v) is 4.89. The number of nitrogens with one attached hydrogen (secondary N) is 1. The van der Waals surface area contributed by atoms with E-state index in [0.717, 1.165) is 21.4 Å². The van der Waals surface area contributed by atoms with Gasteiger partial charge in [0.1, 0.15) is 0 Å². The topological polar surface area (TPSA) is 83.7 Å². The van der Waals surface area contributed by atoms with Gasteiger partial charge in [0.15, 0.2) is 5.17 Å². The number of aromatic nitrogens is 1. The van der Waals surface area contributed by atoms with E-state index in [-0.39, 0.29) is 16.5 Å². The molecule has 2 aromatic carbocycles. The van der Waals surface area contributed by atoms with Crippen molar-refractivity contribution in [1.82, 2.24) is 9.88 Å². The van der Waals surface area contributed by atoms with Gasteiger partial charge in [-0.3, -0.25) is 4.79 Å². The van der Waals surface area contributed by atoms with Gasteiger partial charge in [0, 0.05) is 21.5 Å². The van der Waals surface area contributed by atoms with E-state index in [0.29, 0.717) is 26.5 Å². The summed E-state index contributed by atoms with van der Waals surface area (Å²) in [5.41, 5.74) is 3.92. The third-order valence-electron chi connectivity index (χ3n) is 4.98. The van der Waals surface area contributed by atoms with Gasteiger partial charge in [0.2, 0.25) is 0 Å². The van der Waals surface area contributed by atoms with E-state index < -0.39 is 5.97 Å². The molecule has 33 heavy (non-hydrogen) atoms. The molecule has 1 amide bonds. The molecule has 0 spiro atoms. The highest BCUT2D eigenvalue weighted by Crippen LogP contribution is 2.32. The van der Waals surface area contributed by atoms with Gasteiger partial charge in [-0.15, -0.1) is 0 Å². The Balaban J connectivity index is 1.66. The number of halogens is 3. The fourth-order valence-electron chi connectivity index (χ4n) is 3.44. The number of aryl methyl sites for hydroxylation is 1. The second-order valence-electron chi connectivity index (χ2n) is 7.21. The predicted molar refractivity (Wildman–Crippen MR) is 137 cm³/mol. The number of aromatic carboxylic acids is 1. The van der Waals surface area contributed by atoms with Gasteiger partial charge in [-0.25, -0.2) is 9.79 Å². The predicted octanol–water partition coefficient (Wildman–Crippen LogP) is 6.75. The molecule has 2 heterocycles. The Labute approximate surface area is 212 Å². The maximum Gasteiger partial charge on any atom is 0.337 e. The number of carboxylic acids is 1. The molecule has 1 aromatic heterocycles. The lowest BCUT2D eigenvalue weighted by Gasteiger charge is -2.11. The molecule has 1 aliphatic rings. The van der Waals surface area contributed by atoms with Crippen molar-refractivity contribution < 1.29 is 14.7 Å². The third kappa shape index (κ3) is 4.89. The summed E-state index contributed by atoms with van der Waals surface area (Å²) in [5.74, 6) is -1.34. The van der Waals surface area contributed by atoms with Gasteiger partial charge in [0.25, 0.3) is 5.91 Å². The van der Waals surface area contributed by atoms with Crippen molar-refractivity contribution in [3.63, 3.8) is 0 Å². The molecular formula is C23H16BrCl2N3O3S. The highest BCUT2D eigenvalue weighted by Gasteiger charge is 2.25. The number of carbonyl (C=O) groups is 2. The zero-order valence-electron chi connectivity index (χ0n) is 17.3. The minimum Gasteiger partial charge on any atom is -0.478 e. The van der Waals surface area contributed by atoms with Crippen molar-refractivity contribution in [3.8, 4) is 5.69 Å². The summed E-state index contributed by atoms with van der Waals surface area (Å²) in [5, 5.41) is 13.3. The number of carbonyl (C=O) groups excluding carboxylic acids is 1. The Morgan fingerprint density at radius 3 is 2.61 bits per heavy atom. The molecule has 1 saturated heterocycles. The van der Waals surface area contributed by atoms with Gasteiger partial charge in [-0.05, 0) is 95.6 Å². The average molecular weight is 565 g/mol. The van der Waals surface area contributed by atoms with Gasteiger partial charge < -0.3 is 15.0 Å². The lowest BCUT2D eigenvalue weighted by Crippen LogP contribution is -2.19. The largest absolute Gasteiger partial charge is 0.478 e. The van der Waals surface area contributed by atoms with Gasteiger partial charge >= 0.3 is 5.97 Å². The van der Waals surface area contributed by atoms with Crippen LogP contribution in [0.3, 0.4) is 0 Å². The summed E-state index contributed by atoms with van der Waals surface area (Å²) in [6, 6.07) is 12.1. The van der Waals surface area contributed by atoms with Crippen LogP contribution in [-0.2, 0) is 4.79 Å². The molecule has 168 valence electrons. The van der Waals surface area contributed by atoms with Crippen LogP contribution in [-0.4, -0.2) is 26.7 Å². The minimum absolute atomic E-state index is 0.0289. The number of nitrogens with zero attached hydrogens (tertiary/aromatic N) is 2. The van der Waals surface area contributed by atoms with Crippen molar-refractivity contribution in [2.24, 2.45) is 4.99 Å². The zero-order valence-corrected chi connectivity index (χ0v) is 21.2. The van der Waals surface area contributed by atoms with Crippen LogP contribution in [0, 0.1) is 13.8 Å². The number of rotatable bonds is 4. The van der Waals surface area contributed by atoms with Crippen LogP contribution < -0.4 is 5.32 Å². The van der Waals surface area contributed by atoms with E-state index in [1.807, 2.05) is 24.5 Å². The first-order chi connectivity index (χ1) is 15.6. The molecule has 0 bridgehead atoms. The first-order valence-electron chi connectivity index (χ1n) is 9.61. The summed E-state index contributed by atoms with van der Waals surface area (Å²) >= 11 is 16.7. The van der Waals surface area contributed by atoms with Crippen LogP contribution in [0.1, 0.15) is 27.3 Å². The van der Waals surface area contributed by atoms with Crippen LogP contribution in [0.4, 0.5) is 5.69 Å².